The quantitative estimate of drug-likeness (QED) is 0.155. The van der Waals surface area contributed by atoms with Crippen LogP contribution in [-0.4, -0.2) is 24.5 Å². The maximum Gasteiger partial charge on any atom is 0.134 e. The molecule has 347 valence electrons. The summed E-state index contributed by atoms with van der Waals surface area (Å²) < 4.78 is 9.24. The number of hydrogen-bond acceptors (Lipinski definition) is 5. The van der Waals surface area contributed by atoms with Gasteiger partial charge in [0, 0.05) is 59.8 Å². The fraction of sp³-hybridized carbons (Fsp3) is 0.226. The van der Waals surface area contributed by atoms with Gasteiger partial charge in [0.15, 0.2) is 0 Å². The summed E-state index contributed by atoms with van der Waals surface area (Å²) in [5.74, 6) is 2.09. The third-order valence-electron chi connectivity index (χ3n) is 12.9. The minimum Gasteiger partial charge on any atom is -0.500 e. The summed E-state index contributed by atoms with van der Waals surface area (Å²) >= 11 is 0. The molecule has 4 heterocycles. The van der Waals surface area contributed by atoms with Crippen molar-refractivity contribution in [1.82, 2.24) is 24.5 Å². The van der Waals surface area contributed by atoms with Gasteiger partial charge < -0.3 is 14.0 Å². The van der Waals surface area contributed by atoms with Crippen molar-refractivity contribution in [2.45, 2.75) is 91.9 Å². The second kappa shape index (κ2) is 18.6. The minimum absolute atomic E-state index is 0. The number of hydrogen-bond donors (Lipinski definition) is 0. The first-order valence-corrected chi connectivity index (χ1v) is 23.8. The molecule has 7 aromatic carbocycles. The Morgan fingerprint density at radius 3 is 2.01 bits per heavy atom. The van der Waals surface area contributed by atoms with E-state index in [0.717, 1.165) is 77.7 Å². The molecule has 0 spiro atoms. The minimum atomic E-state index is -0.194. The monoisotopic (exact) mass is 1080 g/mol. The van der Waals surface area contributed by atoms with Crippen LogP contribution in [0.1, 0.15) is 104 Å². The standard InChI is InChI=1S/C47H41N4O.C15H16N.Ir/c1-27(2)36-24-32(29-14-9-8-10-15-29)25-37(28(3)4)42(36)51-43-33-17-12-11-16-30(33)20-22-38(43)49-45(51)35-19-13-18-34-40-39(52-44(34)35)23-21-31-26-48-46(47(5,6)7)50-41(31)40;1-15(2,3)13-9-10-16-14(11-13)12-7-5-4-6-8-12;/h8-18,20-28H,1-7H3;4-7,9-11H,1-3H3;/q2*-1;. The van der Waals surface area contributed by atoms with Crippen LogP contribution in [0.5, 0.6) is 0 Å². The van der Waals surface area contributed by atoms with Crippen molar-refractivity contribution in [3.05, 3.63) is 187 Å². The van der Waals surface area contributed by atoms with Gasteiger partial charge in [-0.25, -0.2) is 9.97 Å². The van der Waals surface area contributed by atoms with Crippen molar-refractivity contribution in [3.63, 3.8) is 0 Å². The van der Waals surface area contributed by atoms with Crippen LogP contribution in [0.4, 0.5) is 0 Å². The average Bonchev–Trinajstić information content (AvgIpc) is 3.93. The molecule has 0 bridgehead atoms. The summed E-state index contributed by atoms with van der Waals surface area (Å²) in [6.45, 7) is 22.2. The van der Waals surface area contributed by atoms with E-state index in [4.69, 9.17) is 19.4 Å². The van der Waals surface area contributed by atoms with E-state index >= 15 is 0 Å². The van der Waals surface area contributed by atoms with Gasteiger partial charge in [0.25, 0.3) is 0 Å². The van der Waals surface area contributed by atoms with E-state index in [2.05, 4.69) is 194 Å². The number of fused-ring (bicyclic) bond motifs is 8. The topological polar surface area (TPSA) is 69.6 Å². The van der Waals surface area contributed by atoms with Gasteiger partial charge in [0.1, 0.15) is 11.4 Å². The summed E-state index contributed by atoms with van der Waals surface area (Å²) in [6, 6.07) is 55.6. The molecule has 0 fully saturated rings. The Bertz CT molecular complexity index is 3620. The Morgan fingerprint density at radius 1 is 0.609 bits per heavy atom. The van der Waals surface area contributed by atoms with Crippen molar-refractivity contribution in [1.29, 1.82) is 0 Å². The van der Waals surface area contributed by atoms with Gasteiger partial charge in [-0.05, 0) is 92.5 Å². The normalized spacial score (nSPS) is 12.1. The molecular weight excluding hydrogens is 1020 g/mol. The predicted molar refractivity (Wildman–Crippen MR) is 283 cm³/mol. The van der Waals surface area contributed by atoms with Crippen molar-refractivity contribution in [2.75, 3.05) is 0 Å². The van der Waals surface area contributed by atoms with Crippen LogP contribution in [0.25, 0.3) is 94.1 Å². The van der Waals surface area contributed by atoms with E-state index in [-0.39, 0.29) is 42.8 Å². The summed E-state index contributed by atoms with van der Waals surface area (Å²) in [4.78, 5) is 19.7. The van der Waals surface area contributed by atoms with E-state index in [1.54, 1.807) is 0 Å². The smallest absolute Gasteiger partial charge is 0.134 e. The molecule has 0 N–H and O–H groups in total. The first-order valence-electron chi connectivity index (χ1n) is 23.8. The number of nitrogens with zero attached hydrogens (tertiary/aromatic N) is 5. The van der Waals surface area contributed by atoms with Crippen molar-refractivity contribution in [3.8, 4) is 39.5 Å². The van der Waals surface area contributed by atoms with Gasteiger partial charge in [-0.3, -0.25) is 4.98 Å². The molecule has 11 aromatic rings. The molecule has 7 heteroatoms. The number of aromatic nitrogens is 5. The first-order chi connectivity index (χ1) is 32.7. The summed E-state index contributed by atoms with van der Waals surface area (Å²) in [7, 11) is 0. The second-order valence-electron chi connectivity index (χ2n) is 20.6. The number of rotatable bonds is 6. The Balaban J connectivity index is 0.000000296. The fourth-order valence-corrected chi connectivity index (χ4v) is 9.29. The predicted octanol–water partition coefficient (Wildman–Crippen LogP) is 16.5. The average molecular weight is 1080 g/mol. The molecule has 0 amide bonds. The van der Waals surface area contributed by atoms with Gasteiger partial charge in [-0.15, -0.1) is 54.1 Å². The Hall–Kier alpha value is -6.79. The zero-order chi connectivity index (χ0) is 47.5. The molecule has 1 radical (unpaired) electrons. The molecule has 0 aliphatic rings. The number of imidazole rings is 1. The molecule has 69 heavy (non-hydrogen) atoms. The summed E-state index contributed by atoms with van der Waals surface area (Å²) in [6.07, 6.45) is 3.80. The SMILES string of the molecule is CC(C)(C)c1ccnc(-c2[c-]cccc2)c1.CC(C)c1cc(-c2ccccc2)cc(C(C)C)c1-n1c(-c2[c-]ccc3c2oc2ccc4cnc(C(C)(C)C)nc4c23)nc2ccc3ccccc3c21.[Ir]. The van der Waals surface area contributed by atoms with Crippen molar-refractivity contribution < 1.29 is 24.5 Å². The van der Waals surface area contributed by atoms with E-state index < -0.39 is 0 Å². The fourth-order valence-electron chi connectivity index (χ4n) is 9.29. The van der Waals surface area contributed by atoms with Crippen molar-refractivity contribution >= 4 is 54.6 Å². The Morgan fingerprint density at radius 2 is 1.32 bits per heavy atom. The molecule has 0 unspecified atom stereocenters. The van der Waals surface area contributed by atoms with Gasteiger partial charge in [-0.1, -0.05) is 147 Å². The molecule has 0 aliphatic heterocycles. The van der Waals surface area contributed by atoms with Crippen molar-refractivity contribution in [2.24, 2.45) is 0 Å². The molecule has 0 atom stereocenters. The molecule has 4 aromatic heterocycles. The van der Waals surface area contributed by atoms with Crippen LogP contribution in [0.3, 0.4) is 0 Å². The molecule has 0 aliphatic carbocycles. The summed E-state index contributed by atoms with van der Waals surface area (Å²) in [5.41, 5.74) is 14.7. The van der Waals surface area contributed by atoms with Gasteiger partial charge >= 0.3 is 0 Å². The molecule has 0 saturated carbocycles. The van der Waals surface area contributed by atoms with E-state index in [1.807, 2.05) is 48.8 Å². The van der Waals surface area contributed by atoms with Gasteiger partial charge in [0.05, 0.1) is 28.0 Å². The van der Waals surface area contributed by atoms with Crippen LogP contribution in [-0.2, 0) is 30.9 Å². The zero-order valence-corrected chi connectivity index (χ0v) is 43.5. The van der Waals surface area contributed by atoms with Crippen LogP contribution in [0, 0.1) is 12.1 Å². The van der Waals surface area contributed by atoms with Crippen LogP contribution >= 0.6 is 0 Å². The molecule has 11 rings (SSSR count). The maximum atomic E-state index is 6.83. The van der Waals surface area contributed by atoms with Crippen LogP contribution in [0.2, 0.25) is 0 Å². The Labute approximate surface area is 419 Å². The molecular formula is C62H57IrN5O-2. The first kappa shape index (κ1) is 47.3. The largest absolute Gasteiger partial charge is 0.500 e. The zero-order valence-electron chi connectivity index (χ0n) is 41.1. The maximum absolute atomic E-state index is 6.83. The third kappa shape index (κ3) is 8.91. The van der Waals surface area contributed by atoms with Gasteiger partial charge in [0.2, 0.25) is 0 Å². The Kier molecular flexibility index (Phi) is 12.7. The van der Waals surface area contributed by atoms with Crippen LogP contribution in [0.15, 0.2) is 156 Å². The number of furan rings is 1. The second-order valence-corrected chi connectivity index (χ2v) is 20.6. The van der Waals surface area contributed by atoms with E-state index in [0.29, 0.717) is 0 Å². The number of benzene rings is 7. The van der Waals surface area contributed by atoms with E-state index in [9.17, 15) is 0 Å². The van der Waals surface area contributed by atoms with Gasteiger partial charge in [-0.2, -0.15) is 0 Å². The molecule has 6 nitrogen and oxygen atoms in total. The summed E-state index contributed by atoms with van der Waals surface area (Å²) in [5, 5.41) is 5.29. The van der Waals surface area contributed by atoms with Crippen LogP contribution < -0.4 is 0 Å². The van der Waals surface area contributed by atoms with E-state index in [1.165, 1.54) is 38.9 Å². The third-order valence-corrected chi connectivity index (χ3v) is 12.9. The number of pyridine rings is 1. The molecule has 0 saturated heterocycles.